The summed E-state index contributed by atoms with van der Waals surface area (Å²) >= 11 is 0. The molecule has 2 N–H and O–H groups in total. The maximum Gasteiger partial charge on any atom is 0.225 e. The molecule has 0 bridgehead atoms. The Kier molecular flexibility index (Phi) is 6.74. The maximum absolute atomic E-state index is 12.7. The van der Waals surface area contributed by atoms with Crippen LogP contribution in [0.4, 0.5) is 0 Å². The van der Waals surface area contributed by atoms with Crippen LogP contribution in [0.1, 0.15) is 62.8 Å². The number of carbonyl (C=O) groups excluding carboxylic acids is 1. The van der Waals surface area contributed by atoms with Gasteiger partial charge in [0.2, 0.25) is 11.8 Å². The normalized spacial score (nSPS) is 21.5. The van der Waals surface area contributed by atoms with Gasteiger partial charge in [0.1, 0.15) is 12.3 Å². The quantitative estimate of drug-likeness (QED) is 0.610. The zero-order valence-corrected chi connectivity index (χ0v) is 16.9. The Morgan fingerprint density at radius 1 is 1.26 bits per heavy atom. The highest BCUT2D eigenvalue weighted by molar-refractivity contribution is 5.81. The highest BCUT2D eigenvalue weighted by Crippen LogP contribution is 2.26. The van der Waals surface area contributed by atoms with Crippen molar-refractivity contribution in [3.8, 4) is 0 Å². The molecule has 3 rings (SSSR count). The first-order chi connectivity index (χ1) is 13.1. The molecule has 1 amide bonds. The van der Waals surface area contributed by atoms with E-state index in [4.69, 9.17) is 4.42 Å². The summed E-state index contributed by atoms with van der Waals surface area (Å²) in [5.41, 5.74) is 0.908. The van der Waals surface area contributed by atoms with Crippen LogP contribution in [0, 0.1) is 19.8 Å². The molecular formula is C20H33N5O2. The minimum absolute atomic E-state index is 0.239. The molecule has 1 atom stereocenters. The minimum Gasteiger partial charge on any atom is -0.444 e. The highest BCUT2D eigenvalue weighted by atomic mass is 16.4. The van der Waals surface area contributed by atoms with Gasteiger partial charge in [0.15, 0.2) is 5.96 Å². The van der Waals surface area contributed by atoms with Crippen LogP contribution < -0.4 is 10.6 Å². The number of guanidine groups is 1. The molecule has 7 nitrogen and oxygen atoms in total. The molecule has 2 fully saturated rings. The predicted octanol–water partition coefficient (Wildman–Crippen LogP) is 2.53. The van der Waals surface area contributed by atoms with Gasteiger partial charge in [0, 0.05) is 31.6 Å². The average Bonchev–Trinajstić information content (AvgIpc) is 3.26. The Morgan fingerprint density at radius 3 is 2.70 bits per heavy atom. The largest absolute Gasteiger partial charge is 0.444 e. The third kappa shape index (κ3) is 5.23. The number of rotatable bonds is 5. The van der Waals surface area contributed by atoms with Crippen molar-refractivity contribution >= 4 is 11.9 Å². The van der Waals surface area contributed by atoms with Crippen LogP contribution in [0.15, 0.2) is 9.41 Å². The summed E-state index contributed by atoms with van der Waals surface area (Å²) in [7, 11) is 0. The van der Waals surface area contributed by atoms with Crippen molar-refractivity contribution in [1.29, 1.82) is 0 Å². The molecule has 1 aliphatic heterocycles. The van der Waals surface area contributed by atoms with Crippen LogP contribution in [0.5, 0.6) is 0 Å². The third-order valence-electron chi connectivity index (χ3n) is 5.58. The second kappa shape index (κ2) is 9.24. The number of oxazole rings is 1. The van der Waals surface area contributed by atoms with Gasteiger partial charge in [-0.25, -0.2) is 9.98 Å². The monoisotopic (exact) mass is 375 g/mol. The molecule has 1 aromatic rings. The van der Waals surface area contributed by atoms with E-state index < -0.39 is 0 Å². The number of nitrogens with zero attached hydrogens (tertiary/aromatic N) is 3. The van der Waals surface area contributed by atoms with Gasteiger partial charge in [-0.1, -0.05) is 19.3 Å². The van der Waals surface area contributed by atoms with E-state index in [1.54, 1.807) is 0 Å². The van der Waals surface area contributed by atoms with Gasteiger partial charge in [-0.05, 0) is 40.0 Å². The molecule has 2 aliphatic rings. The van der Waals surface area contributed by atoms with Crippen LogP contribution in [0.25, 0.3) is 0 Å². The second-order valence-corrected chi connectivity index (χ2v) is 7.69. The summed E-state index contributed by atoms with van der Waals surface area (Å²) in [6.45, 7) is 8.68. The van der Waals surface area contributed by atoms with Crippen molar-refractivity contribution in [2.75, 3.05) is 19.6 Å². The highest BCUT2D eigenvalue weighted by Gasteiger charge is 2.31. The van der Waals surface area contributed by atoms with Crippen molar-refractivity contribution in [1.82, 2.24) is 20.5 Å². The van der Waals surface area contributed by atoms with Crippen LogP contribution in [-0.2, 0) is 11.3 Å². The van der Waals surface area contributed by atoms with Crippen LogP contribution in [0.2, 0.25) is 0 Å². The number of aryl methyl sites for hydroxylation is 2. The Balaban J connectivity index is 1.53. The Labute approximate surface area is 162 Å². The fourth-order valence-electron chi connectivity index (χ4n) is 3.95. The van der Waals surface area contributed by atoms with E-state index in [0.717, 1.165) is 56.3 Å². The number of hydrogen-bond acceptors (Lipinski definition) is 4. The first kappa shape index (κ1) is 19.7. The lowest BCUT2D eigenvalue weighted by Crippen LogP contribution is -2.45. The number of nitrogens with one attached hydrogen (secondary N) is 2. The Morgan fingerprint density at radius 2 is 2.04 bits per heavy atom. The van der Waals surface area contributed by atoms with Crippen molar-refractivity contribution < 1.29 is 9.21 Å². The number of aromatic nitrogens is 1. The van der Waals surface area contributed by atoms with Crippen LogP contribution in [0.3, 0.4) is 0 Å². The minimum atomic E-state index is 0.239. The second-order valence-electron chi connectivity index (χ2n) is 7.69. The zero-order valence-electron chi connectivity index (χ0n) is 16.9. The van der Waals surface area contributed by atoms with Crippen LogP contribution in [-0.4, -0.2) is 47.4 Å². The Hall–Kier alpha value is -2.05. The van der Waals surface area contributed by atoms with Gasteiger partial charge in [-0.3, -0.25) is 4.79 Å². The van der Waals surface area contributed by atoms with E-state index in [1.165, 1.54) is 19.3 Å². The third-order valence-corrected chi connectivity index (χ3v) is 5.58. The van der Waals surface area contributed by atoms with Gasteiger partial charge in [0.05, 0.1) is 5.69 Å². The number of likely N-dealkylation sites (tertiary alicyclic amines) is 1. The Bertz CT molecular complexity index is 644. The molecule has 0 aromatic carbocycles. The molecule has 1 saturated carbocycles. The van der Waals surface area contributed by atoms with Crippen molar-refractivity contribution in [2.45, 2.75) is 71.9 Å². The van der Waals surface area contributed by atoms with E-state index in [1.807, 2.05) is 25.7 Å². The lowest BCUT2D eigenvalue weighted by Gasteiger charge is -2.26. The van der Waals surface area contributed by atoms with Gasteiger partial charge >= 0.3 is 0 Å². The lowest BCUT2D eigenvalue weighted by atomic mass is 9.88. The summed E-state index contributed by atoms with van der Waals surface area (Å²) in [6.07, 6.45) is 6.75. The molecule has 27 heavy (non-hydrogen) atoms. The van der Waals surface area contributed by atoms with Crippen molar-refractivity contribution in [3.63, 3.8) is 0 Å². The average molecular weight is 376 g/mol. The lowest BCUT2D eigenvalue weighted by molar-refractivity contribution is -0.135. The molecule has 1 saturated heterocycles. The van der Waals surface area contributed by atoms with Crippen molar-refractivity contribution in [2.24, 2.45) is 10.9 Å². The fourth-order valence-corrected chi connectivity index (χ4v) is 3.95. The molecule has 0 spiro atoms. The summed E-state index contributed by atoms with van der Waals surface area (Å²) in [4.78, 5) is 23.7. The van der Waals surface area contributed by atoms with Crippen molar-refractivity contribution in [3.05, 3.63) is 17.3 Å². The SMILES string of the molecule is CCNC(=NCc1nc(C)c(C)o1)NC1CCN(C(=O)C2CCCCC2)C1. The molecule has 0 radical (unpaired) electrons. The molecule has 7 heteroatoms. The number of carbonyl (C=O) groups is 1. The number of amides is 1. The van der Waals surface area contributed by atoms with Gasteiger partial charge < -0.3 is 20.0 Å². The van der Waals surface area contributed by atoms with Gasteiger partial charge in [0.25, 0.3) is 0 Å². The summed E-state index contributed by atoms with van der Waals surface area (Å²) in [5.74, 6) is 2.82. The summed E-state index contributed by atoms with van der Waals surface area (Å²) < 4.78 is 5.60. The van der Waals surface area contributed by atoms with Gasteiger partial charge in [-0.2, -0.15) is 0 Å². The number of hydrogen-bond donors (Lipinski definition) is 2. The number of aliphatic imine (C=N–C) groups is 1. The van der Waals surface area contributed by atoms with E-state index in [0.29, 0.717) is 18.3 Å². The zero-order chi connectivity index (χ0) is 19.2. The van der Waals surface area contributed by atoms with E-state index in [-0.39, 0.29) is 12.0 Å². The molecule has 1 aromatic heterocycles. The maximum atomic E-state index is 12.7. The standard InChI is InChI=1S/C20H33N5O2/c1-4-21-20(22-12-18-23-14(2)15(3)27-18)24-17-10-11-25(13-17)19(26)16-8-6-5-7-9-16/h16-17H,4-13H2,1-3H3,(H2,21,22,24). The topological polar surface area (TPSA) is 82.8 Å². The smallest absolute Gasteiger partial charge is 0.225 e. The summed E-state index contributed by atoms with van der Waals surface area (Å²) in [6, 6.07) is 0.239. The van der Waals surface area contributed by atoms with E-state index in [2.05, 4.69) is 20.6 Å². The van der Waals surface area contributed by atoms with E-state index >= 15 is 0 Å². The predicted molar refractivity (Wildman–Crippen MR) is 105 cm³/mol. The molecule has 150 valence electrons. The first-order valence-corrected chi connectivity index (χ1v) is 10.3. The fraction of sp³-hybridized carbons (Fsp3) is 0.750. The molecular weight excluding hydrogens is 342 g/mol. The molecule has 2 heterocycles. The summed E-state index contributed by atoms with van der Waals surface area (Å²) in [5, 5.41) is 6.75. The molecule has 1 aliphatic carbocycles. The molecule has 1 unspecified atom stereocenters. The first-order valence-electron chi connectivity index (χ1n) is 10.3. The van der Waals surface area contributed by atoms with Gasteiger partial charge in [-0.15, -0.1) is 0 Å². The van der Waals surface area contributed by atoms with Crippen LogP contribution >= 0.6 is 0 Å². The van der Waals surface area contributed by atoms with E-state index in [9.17, 15) is 4.79 Å².